The van der Waals surface area contributed by atoms with Gasteiger partial charge in [0, 0.05) is 13.0 Å². The Morgan fingerprint density at radius 1 is 1.39 bits per heavy atom. The number of carboxylic acid groups (broad SMARTS) is 1. The average Bonchev–Trinajstić information content (AvgIpc) is 2.27. The number of carbonyl (C=O) groups excluding carboxylic acids is 1. The van der Waals surface area contributed by atoms with Gasteiger partial charge in [-0.15, -0.1) is 0 Å². The summed E-state index contributed by atoms with van der Waals surface area (Å²) in [6.45, 7) is 1.15. The monoisotopic (exact) mass is 250 g/mol. The fraction of sp³-hybridized carbons (Fsp3) is 0.0909. The number of hydrogen-bond acceptors (Lipinski definition) is 4. The molecule has 0 heterocycles. The highest BCUT2D eigenvalue weighted by Gasteiger charge is 2.14. The van der Waals surface area contributed by atoms with Crippen LogP contribution in [0.5, 0.6) is 0 Å². The van der Waals surface area contributed by atoms with Crippen LogP contribution in [0.25, 0.3) is 6.08 Å². The number of aliphatic carboxylic acids is 1. The molecule has 1 aromatic rings. The van der Waals surface area contributed by atoms with E-state index in [-0.39, 0.29) is 11.3 Å². The predicted octanol–water partition coefficient (Wildman–Crippen LogP) is 1.16. The molecule has 94 valence electrons. The molecule has 7 nitrogen and oxygen atoms in total. The lowest BCUT2D eigenvalue weighted by Crippen LogP contribution is -2.24. The summed E-state index contributed by atoms with van der Waals surface area (Å²) in [5.41, 5.74) is -0.549. The lowest BCUT2D eigenvalue weighted by molar-refractivity contribution is -0.385. The summed E-state index contributed by atoms with van der Waals surface area (Å²) in [6, 6.07) is 5.64. The van der Waals surface area contributed by atoms with Crippen LogP contribution in [0.1, 0.15) is 12.5 Å². The van der Waals surface area contributed by atoms with Gasteiger partial charge < -0.3 is 10.4 Å². The largest absolute Gasteiger partial charge is 0.477 e. The van der Waals surface area contributed by atoms with E-state index >= 15 is 0 Å². The van der Waals surface area contributed by atoms with Crippen molar-refractivity contribution in [3.63, 3.8) is 0 Å². The van der Waals surface area contributed by atoms with Crippen LogP contribution in [0.2, 0.25) is 0 Å². The molecule has 0 spiro atoms. The fourth-order valence-electron chi connectivity index (χ4n) is 1.27. The van der Waals surface area contributed by atoms with Gasteiger partial charge in [-0.1, -0.05) is 12.1 Å². The topological polar surface area (TPSA) is 110 Å². The van der Waals surface area contributed by atoms with Gasteiger partial charge in [-0.2, -0.15) is 0 Å². The molecule has 0 bridgehead atoms. The molecule has 0 aromatic heterocycles. The van der Waals surface area contributed by atoms with E-state index in [4.69, 9.17) is 5.11 Å². The minimum absolute atomic E-state index is 0.105. The van der Waals surface area contributed by atoms with Crippen molar-refractivity contribution < 1.29 is 19.6 Å². The minimum Gasteiger partial charge on any atom is -0.477 e. The van der Waals surface area contributed by atoms with Crippen molar-refractivity contribution in [3.05, 3.63) is 45.6 Å². The van der Waals surface area contributed by atoms with Gasteiger partial charge in [0.15, 0.2) is 0 Å². The van der Waals surface area contributed by atoms with E-state index < -0.39 is 22.5 Å². The summed E-state index contributed by atoms with van der Waals surface area (Å²) in [5.74, 6) is -1.94. The van der Waals surface area contributed by atoms with Crippen molar-refractivity contribution in [1.82, 2.24) is 5.32 Å². The van der Waals surface area contributed by atoms with Crippen molar-refractivity contribution in [2.24, 2.45) is 0 Å². The Morgan fingerprint density at radius 2 is 2.00 bits per heavy atom. The van der Waals surface area contributed by atoms with Gasteiger partial charge in [-0.3, -0.25) is 14.9 Å². The van der Waals surface area contributed by atoms with Crippen LogP contribution in [-0.2, 0) is 9.59 Å². The predicted molar refractivity (Wildman–Crippen MR) is 62.5 cm³/mol. The number of amides is 1. The molecule has 18 heavy (non-hydrogen) atoms. The number of carbonyl (C=O) groups is 2. The molecule has 1 rings (SSSR count). The first-order chi connectivity index (χ1) is 8.41. The van der Waals surface area contributed by atoms with E-state index in [0.717, 1.165) is 13.0 Å². The van der Waals surface area contributed by atoms with Gasteiger partial charge in [0.1, 0.15) is 5.70 Å². The third kappa shape index (κ3) is 3.41. The number of nitro groups is 1. The molecule has 0 atom stereocenters. The van der Waals surface area contributed by atoms with Crippen LogP contribution in [-0.4, -0.2) is 21.9 Å². The van der Waals surface area contributed by atoms with Gasteiger partial charge in [0.05, 0.1) is 10.5 Å². The lowest BCUT2D eigenvalue weighted by atomic mass is 10.1. The van der Waals surface area contributed by atoms with Crippen LogP contribution >= 0.6 is 0 Å². The van der Waals surface area contributed by atoms with Crippen LogP contribution in [0, 0.1) is 10.1 Å². The lowest BCUT2D eigenvalue weighted by Gasteiger charge is -2.03. The van der Waals surface area contributed by atoms with Gasteiger partial charge >= 0.3 is 5.97 Å². The number of nitro benzene ring substituents is 1. The zero-order chi connectivity index (χ0) is 13.7. The van der Waals surface area contributed by atoms with Crippen LogP contribution in [0.3, 0.4) is 0 Å². The molecule has 0 saturated carbocycles. The molecule has 0 aliphatic rings. The molecule has 0 saturated heterocycles. The quantitative estimate of drug-likeness (QED) is 0.473. The van der Waals surface area contributed by atoms with Crippen LogP contribution < -0.4 is 5.32 Å². The number of para-hydroxylation sites is 1. The number of carboxylic acids is 1. The van der Waals surface area contributed by atoms with Crippen molar-refractivity contribution in [2.75, 3.05) is 0 Å². The van der Waals surface area contributed by atoms with Gasteiger partial charge in [-0.05, 0) is 12.1 Å². The molecule has 2 N–H and O–H groups in total. The third-order valence-electron chi connectivity index (χ3n) is 1.97. The summed E-state index contributed by atoms with van der Waals surface area (Å²) in [4.78, 5) is 31.8. The van der Waals surface area contributed by atoms with E-state index in [1.165, 1.54) is 24.3 Å². The molecular weight excluding hydrogens is 240 g/mol. The van der Waals surface area contributed by atoms with Gasteiger partial charge in [-0.25, -0.2) is 4.79 Å². The van der Waals surface area contributed by atoms with E-state index in [1.807, 2.05) is 0 Å². The second-order valence-corrected chi connectivity index (χ2v) is 3.36. The average molecular weight is 250 g/mol. The summed E-state index contributed by atoms with van der Waals surface area (Å²) < 4.78 is 0. The zero-order valence-corrected chi connectivity index (χ0v) is 9.41. The Labute approximate surface area is 102 Å². The van der Waals surface area contributed by atoms with Gasteiger partial charge in [0.25, 0.3) is 5.69 Å². The Kier molecular flexibility index (Phi) is 4.14. The molecule has 0 fully saturated rings. The number of rotatable bonds is 4. The maximum Gasteiger partial charge on any atom is 0.352 e. The Bertz CT molecular complexity index is 536. The highest BCUT2D eigenvalue weighted by Crippen LogP contribution is 2.20. The summed E-state index contributed by atoms with van der Waals surface area (Å²) in [6.07, 6.45) is 1.04. The molecule has 0 aliphatic heterocycles. The molecule has 0 unspecified atom stereocenters. The summed E-state index contributed by atoms with van der Waals surface area (Å²) >= 11 is 0. The molecule has 0 radical (unpaired) electrons. The number of nitrogens with one attached hydrogen (secondary N) is 1. The first-order valence-corrected chi connectivity index (χ1v) is 4.88. The van der Waals surface area contributed by atoms with E-state index in [2.05, 4.69) is 5.32 Å². The van der Waals surface area contributed by atoms with Gasteiger partial charge in [0.2, 0.25) is 5.91 Å². The smallest absolute Gasteiger partial charge is 0.352 e. The van der Waals surface area contributed by atoms with Crippen molar-refractivity contribution in [1.29, 1.82) is 0 Å². The Balaban J connectivity index is 3.23. The third-order valence-corrected chi connectivity index (χ3v) is 1.97. The number of benzene rings is 1. The van der Waals surface area contributed by atoms with E-state index in [0.29, 0.717) is 0 Å². The first-order valence-electron chi connectivity index (χ1n) is 4.88. The molecule has 0 aliphatic carbocycles. The molecule has 7 heteroatoms. The van der Waals surface area contributed by atoms with Crippen molar-refractivity contribution in [3.8, 4) is 0 Å². The van der Waals surface area contributed by atoms with Crippen molar-refractivity contribution in [2.45, 2.75) is 6.92 Å². The number of hydrogen-bond donors (Lipinski definition) is 2. The summed E-state index contributed by atoms with van der Waals surface area (Å²) in [7, 11) is 0. The fourth-order valence-corrected chi connectivity index (χ4v) is 1.27. The van der Waals surface area contributed by atoms with Crippen LogP contribution in [0.4, 0.5) is 5.69 Å². The molecular formula is C11H10N2O5. The van der Waals surface area contributed by atoms with E-state index in [1.54, 1.807) is 0 Å². The minimum atomic E-state index is -1.37. The standard InChI is InChI=1S/C11H10N2O5/c1-7(14)12-9(11(15)16)6-8-4-2-3-5-10(8)13(17)18/h2-6H,1H3,(H,12,14)(H,15,16)/b9-6+. The molecule has 1 amide bonds. The Morgan fingerprint density at radius 3 is 2.50 bits per heavy atom. The highest BCUT2D eigenvalue weighted by molar-refractivity contribution is 5.96. The maximum atomic E-state index is 10.9. The van der Waals surface area contributed by atoms with E-state index in [9.17, 15) is 19.7 Å². The maximum absolute atomic E-state index is 10.9. The number of nitrogens with zero attached hydrogens (tertiary/aromatic N) is 1. The summed E-state index contributed by atoms with van der Waals surface area (Å²) in [5, 5.41) is 21.7. The highest BCUT2D eigenvalue weighted by atomic mass is 16.6. The second kappa shape index (κ2) is 5.58. The van der Waals surface area contributed by atoms with Crippen molar-refractivity contribution >= 4 is 23.6 Å². The second-order valence-electron chi connectivity index (χ2n) is 3.36. The van der Waals surface area contributed by atoms with Crippen LogP contribution in [0.15, 0.2) is 30.0 Å². The zero-order valence-electron chi connectivity index (χ0n) is 9.41. The first kappa shape index (κ1) is 13.4. The molecule has 1 aromatic carbocycles. The Hall–Kier alpha value is -2.70. The SMILES string of the molecule is CC(=O)N/C(=C/c1ccccc1[N+](=O)[O-])C(=O)O. The normalized spacial score (nSPS) is 10.8.